The Morgan fingerprint density at radius 3 is 2.02 bits per heavy atom. The van der Waals surface area contributed by atoms with Crippen LogP contribution in [0, 0.1) is 11.8 Å². The lowest BCUT2D eigenvalue weighted by molar-refractivity contribution is -0.161. The fraction of sp³-hybridized carbons (Fsp3) is 0.739. The zero-order chi connectivity index (χ0) is 45.1. The molecule has 14 nitrogen and oxygen atoms in total. The second-order valence-corrected chi connectivity index (χ2v) is 17.4. The van der Waals surface area contributed by atoms with Gasteiger partial charge in [0, 0.05) is 31.1 Å². The highest BCUT2D eigenvalue weighted by Crippen LogP contribution is 2.43. The maximum atomic E-state index is 12.7. The number of esters is 2. The summed E-state index contributed by atoms with van der Waals surface area (Å²) in [7, 11) is -4.79. The van der Waals surface area contributed by atoms with Crippen LogP contribution in [0.15, 0.2) is 48.6 Å². The number of carboxylic acids is 1. The van der Waals surface area contributed by atoms with Crippen LogP contribution in [0.5, 0.6) is 0 Å². The molecule has 0 bridgehead atoms. The van der Waals surface area contributed by atoms with Gasteiger partial charge in [0.05, 0.1) is 25.4 Å². The minimum atomic E-state index is -4.79. The molecule has 6 N–H and O–H groups in total. The Bertz CT molecular complexity index is 1380. The highest BCUT2D eigenvalue weighted by atomic mass is 31.2. The van der Waals surface area contributed by atoms with E-state index in [0.717, 1.165) is 77.0 Å². The number of nitrogens with two attached hydrogens (primary N) is 1. The number of unbranched alkanes of at least 4 members (excludes halogenated alkanes) is 13. The Hall–Kier alpha value is -2.97. The van der Waals surface area contributed by atoms with Crippen LogP contribution in [0.25, 0.3) is 0 Å². The molecule has 1 aliphatic carbocycles. The van der Waals surface area contributed by atoms with Crippen LogP contribution in [0.4, 0.5) is 0 Å². The second kappa shape index (κ2) is 35.5. The standard InChI is InChI=1S/C46H78NO13P/c1-3-5-7-8-9-10-11-12-13-14-15-16-17-18-19-20-26-30-45(52)60-38(35-58-61(55,56)59-36-41(47)46(53)54)34-57-44(51)29-25-22-21-24-28-39-40(43(50)33-42(39)49)32-31-37(48)27-23-6-4-2/h9-10,12-13,21,24,31-32,37-41,43,48,50H,3-8,11,14-20,22-23,25-30,33-36,47H2,1-2H3,(H,53,54)(H,55,56)/b10-9-,13-12-,24-21-,32-31+/t37-,38+,39+,40+,41-,43+/m0/s1. The van der Waals surface area contributed by atoms with Crippen molar-refractivity contribution >= 4 is 31.5 Å². The van der Waals surface area contributed by atoms with Crippen LogP contribution in [-0.4, -0.2) is 88.1 Å². The lowest BCUT2D eigenvalue weighted by Crippen LogP contribution is -2.34. The molecular weight excluding hydrogens is 805 g/mol. The van der Waals surface area contributed by atoms with Crippen molar-refractivity contribution in [3.8, 4) is 0 Å². The lowest BCUT2D eigenvalue weighted by atomic mass is 9.90. The molecule has 0 aliphatic heterocycles. The summed E-state index contributed by atoms with van der Waals surface area (Å²) in [5.74, 6) is -3.42. The number of carboxylic acid groups (broad SMARTS) is 1. The molecule has 7 atom stereocenters. The van der Waals surface area contributed by atoms with Crippen LogP contribution in [0.3, 0.4) is 0 Å². The lowest BCUT2D eigenvalue weighted by Gasteiger charge is -2.20. The fourth-order valence-electron chi connectivity index (χ4n) is 6.72. The third-order valence-corrected chi connectivity index (χ3v) is 11.4. The first kappa shape index (κ1) is 56.0. The van der Waals surface area contributed by atoms with E-state index < -0.39 is 75.8 Å². The first-order valence-corrected chi connectivity index (χ1v) is 24.3. The molecule has 0 aromatic rings. The molecule has 1 aliphatic rings. The molecule has 0 heterocycles. The molecule has 0 amide bonds. The Morgan fingerprint density at radius 1 is 0.770 bits per heavy atom. The van der Waals surface area contributed by atoms with E-state index in [1.165, 1.54) is 19.3 Å². The van der Waals surface area contributed by atoms with Gasteiger partial charge < -0.3 is 35.4 Å². The number of allylic oxidation sites excluding steroid dienone is 6. The van der Waals surface area contributed by atoms with E-state index in [4.69, 9.17) is 24.8 Å². The van der Waals surface area contributed by atoms with E-state index in [9.17, 15) is 38.8 Å². The SMILES string of the molecule is CCCCC/C=C\C/C=C\CCCCCCCCCC(=O)O[C@H](COC(=O)CCC/C=C\C[C@H]1C(=O)C[C@@H](O)[C@@H]1/C=C/[C@@H](O)CCCCC)COP(=O)(O)OC[C@H](N)C(=O)O. The van der Waals surface area contributed by atoms with Crippen molar-refractivity contribution < 1.29 is 62.5 Å². The largest absolute Gasteiger partial charge is 0.480 e. The number of rotatable bonds is 38. The molecule has 0 radical (unpaired) electrons. The third-order valence-electron chi connectivity index (χ3n) is 10.4. The molecule has 15 heteroatoms. The van der Waals surface area contributed by atoms with Crippen LogP contribution in [0.1, 0.15) is 162 Å². The van der Waals surface area contributed by atoms with Gasteiger partial charge in [-0.3, -0.25) is 28.2 Å². The van der Waals surface area contributed by atoms with E-state index in [1.54, 1.807) is 12.2 Å². The monoisotopic (exact) mass is 884 g/mol. The molecule has 0 spiro atoms. The minimum absolute atomic E-state index is 0.0243. The number of phosphoric ester groups is 1. The van der Waals surface area contributed by atoms with Gasteiger partial charge in [-0.15, -0.1) is 0 Å². The average molecular weight is 884 g/mol. The van der Waals surface area contributed by atoms with Gasteiger partial charge in [-0.1, -0.05) is 127 Å². The molecule has 61 heavy (non-hydrogen) atoms. The van der Waals surface area contributed by atoms with E-state index in [2.05, 4.69) is 42.7 Å². The summed E-state index contributed by atoms with van der Waals surface area (Å²) in [6, 6.07) is -1.56. The quantitative estimate of drug-likeness (QED) is 0.0169. The molecule has 0 saturated heterocycles. The van der Waals surface area contributed by atoms with Gasteiger partial charge >= 0.3 is 25.7 Å². The second-order valence-electron chi connectivity index (χ2n) is 16.0. The summed E-state index contributed by atoms with van der Waals surface area (Å²) in [4.78, 5) is 58.8. The van der Waals surface area contributed by atoms with Gasteiger partial charge in [-0.2, -0.15) is 0 Å². The molecule has 1 saturated carbocycles. The number of ether oxygens (including phenoxy) is 2. The van der Waals surface area contributed by atoms with Crippen molar-refractivity contribution in [2.24, 2.45) is 17.6 Å². The predicted molar refractivity (Wildman–Crippen MR) is 236 cm³/mol. The topological polar surface area (TPSA) is 229 Å². The van der Waals surface area contributed by atoms with Crippen molar-refractivity contribution in [1.82, 2.24) is 0 Å². The Kier molecular flexibility index (Phi) is 32.6. The summed E-state index contributed by atoms with van der Waals surface area (Å²) in [5, 5.41) is 29.6. The van der Waals surface area contributed by atoms with Crippen molar-refractivity contribution in [2.75, 3.05) is 19.8 Å². The van der Waals surface area contributed by atoms with Crippen molar-refractivity contribution in [1.29, 1.82) is 0 Å². The number of hydrogen-bond donors (Lipinski definition) is 5. The Morgan fingerprint density at radius 2 is 1.34 bits per heavy atom. The molecule has 1 rings (SSSR count). The number of aliphatic carboxylic acids is 1. The Labute approximate surface area is 365 Å². The van der Waals surface area contributed by atoms with Gasteiger partial charge in [0.15, 0.2) is 6.10 Å². The number of phosphoric acid groups is 1. The zero-order valence-electron chi connectivity index (χ0n) is 37.0. The van der Waals surface area contributed by atoms with Crippen LogP contribution >= 0.6 is 7.82 Å². The van der Waals surface area contributed by atoms with Crippen LogP contribution < -0.4 is 5.73 Å². The summed E-state index contributed by atoms with van der Waals surface area (Å²) in [5.41, 5.74) is 5.33. The minimum Gasteiger partial charge on any atom is -0.480 e. The van der Waals surface area contributed by atoms with Gasteiger partial charge in [0.2, 0.25) is 0 Å². The van der Waals surface area contributed by atoms with Gasteiger partial charge in [-0.25, -0.2) is 4.57 Å². The number of hydrogen-bond acceptors (Lipinski definition) is 12. The summed E-state index contributed by atoms with van der Waals surface area (Å²) >= 11 is 0. The number of aliphatic hydroxyl groups is 2. The first-order chi connectivity index (χ1) is 29.3. The molecule has 1 fully saturated rings. The maximum absolute atomic E-state index is 12.7. The smallest absolute Gasteiger partial charge is 0.472 e. The van der Waals surface area contributed by atoms with E-state index in [-0.39, 0.29) is 31.0 Å². The predicted octanol–water partition coefficient (Wildman–Crippen LogP) is 8.76. The summed E-state index contributed by atoms with van der Waals surface area (Å²) in [6.07, 6.45) is 32.5. The summed E-state index contributed by atoms with van der Waals surface area (Å²) in [6.45, 7) is 2.39. The van der Waals surface area contributed by atoms with Crippen molar-refractivity contribution in [3.05, 3.63) is 48.6 Å². The first-order valence-electron chi connectivity index (χ1n) is 22.8. The van der Waals surface area contributed by atoms with Crippen LogP contribution in [0.2, 0.25) is 0 Å². The van der Waals surface area contributed by atoms with Crippen LogP contribution in [-0.2, 0) is 42.3 Å². The molecule has 0 aromatic heterocycles. The number of carbonyl (C=O) groups excluding carboxylic acids is 3. The van der Waals surface area contributed by atoms with E-state index in [0.29, 0.717) is 32.1 Å². The number of aliphatic hydroxyl groups excluding tert-OH is 2. The normalized spacial score (nSPS) is 19.6. The van der Waals surface area contributed by atoms with E-state index >= 15 is 0 Å². The van der Waals surface area contributed by atoms with Gasteiger partial charge in [-0.05, 0) is 64.2 Å². The average Bonchev–Trinajstić information content (AvgIpc) is 3.49. The van der Waals surface area contributed by atoms with Crippen molar-refractivity contribution in [2.45, 2.75) is 186 Å². The molecule has 0 aromatic carbocycles. The third kappa shape index (κ3) is 29.9. The van der Waals surface area contributed by atoms with Gasteiger partial charge in [0.1, 0.15) is 18.4 Å². The number of ketones is 1. The fourth-order valence-corrected chi connectivity index (χ4v) is 7.50. The maximum Gasteiger partial charge on any atom is 0.472 e. The van der Waals surface area contributed by atoms with Gasteiger partial charge in [0.25, 0.3) is 0 Å². The Balaban J connectivity index is 2.49. The van der Waals surface area contributed by atoms with Crippen molar-refractivity contribution in [3.63, 3.8) is 0 Å². The molecular formula is C46H78NO13P. The molecule has 1 unspecified atom stereocenters. The number of carbonyl (C=O) groups is 4. The number of Topliss-reactive ketones (excluding diaryl/α,β-unsaturated/α-hetero) is 1. The zero-order valence-corrected chi connectivity index (χ0v) is 37.8. The highest BCUT2D eigenvalue weighted by molar-refractivity contribution is 7.47. The summed E-state index contributed by atoms with van der Waals surface area (Å²) < 4.78 is 32.7. The highest BCUT2D eigenvalue weighted by Gasteiger charge is 2.39. The molecule has 350 valence electrons. The van der Waals surface area contributed by atoms with E-state index in [1.807, 2.05) is 12.2 Å².